The van der Waals surface area contributed by atoms with Crippen LogP contribution in [-0.2, 0) is 19.6 Å². The minimum Gasteiger partial charge on any atom is -0.333 e. The second-order valence-corrected chi connectivity index (χ2v) is 6.11. The molecule has 1 aliphatic rings. The van der Waals surface area contributed by atoms with Gasteiger partial charge in [0, 0.05) is 50.7 Å². The Bertz CT molecular complexity index is 563. The van der Waals surface area contributed by atoms with Crippen LogP contribution in [0.25, 0.3) is 0 Å². The fourth-order valence-electron chi connectivity index (χ4n) is 3.10. The van der Waals surface area contributed by atoms with Gasteiger partial charge in [0.25, 0.3) is 0 Å². The molecule has 1 atom stereocenters. The molecule has 0 bridgehead atoms. The topological polar surface area (TPSA) is 37.2 Å². The zero-order valence-corrected chi connectivity index (χ0v) is 12.8. The molecule has 0 spiro atoms. The summed E-state index contributed by atoms with van der Waals surface area (Å²) in [5.74, 6) is 1.77. The molecule has 0 fully saturated rings. The Hall–Kier alpha value is -1.72. The van der Waals surface area contributed by atoms with E-state index in [0.717, 1.165) is 44.2 Å². The van der Waals surface area contributed by atoms with E-state index in [2.05, 4.69) is 56.8 Å². The highest BCUT2D eigenvalue weighted by Gasteiger charge is 2.23. The minimum absolute atomic E-state index is 0.610. The molecule has 1 aliphatic heterocycles. The predicted molar refractivity (Wildman–Crippen MR) is 82.6 cm³/mol. The van der Waals surface area contributed by atoms with Crippen molar-refractivity contribution in [2.75, 3.05) is 27.2 Å². The summed E-state index contributed by atoms with van der Waals surface area (Å²) in [5, 5.41) is 0. The monoisotopic (exact) mass is 285 g/mol. The Kier molecular flexibility index (Phi) is 4.31. The van der Waals surface area contributed by atoms with Gasteiger partial charge in [0.05, 0.1) is 12.2 Å². The van der Waals surface area contributed by atoms with Crippen LogP contribution in [0.15, 0.2) is 36.8 Å². The van der Waals surface area contributed by atoms with Gasteiger partial charge in [0.1, 0.15) is 5.82 Å². The van der Waals surface area contributed by atoms with Gasteiger partial charge in [-0.25, -0.2) is 4.98 Å². The van der Waals surface area contributed by atoms with Crippen LogP contribution in [0.4, 0.5) is 0 Å². The van der Waals surface area contributed by atoms with Crippen molar-refractivity contribution in [3.05, 3.63) is 48.3 Å². The highest BCUT2D eigenvalue weighted by atomic mass is 15.2. The zero-order valence-electron chi connectivity index (χ0n) is 12.8. The first kappa shape index (κ1) is 14.2. The molecule has 5 heteroatoms. The van der Waals surface area contributed by atoms with Crippen molar-refractivity contribution in [2.45, 2.75) is 19.6 Å². The molecule has 0 aliphatic carbocycles. The zero-order chi connectivity index (χ0) is 14.7. The molecule has 0 radical (unpaired) electrons. The van der Waals surface area contributed by atoms with E-state index in [1.807, 2.05) is 18.5 Å². The Labute approximate surface area is 126 Å². The summed E-state index contributed by atoms with van der Waals surface area (Å²) in [5.41, 5.74) is 1.13. The van der Waals surface area contributed by atoms with E-state index in [1.165, 1.54) is 0 Å². The summed E-state index contributed by atoms with van der Waals surface area (Å²) in [6.45, 7) is 5.01. The molecule has 3 heterocycles. The maximum absolute atomic E-state index is 4.51. The van der Waals surface area contributed by atoms with Crippen molar-refractivity contribution >= 4 is 0 Å². The molecule has 0 saturated carbocycles. The minimum atomic E-state index is 0.610. The van der Waals surface area contributed by atoms with E-state index in [0.29, 0.717) is 5.92 Å². The SMILES string of the molecule is CN(C)C[C@H]1CN(Cc2ccccn2)Cc2nccn2C1. The number of hydrogen-bond acceptors (Lipinski definition) is 4. The molecule has 0 amide bonds. The summed E-state index contributed by atoms with van der Waals surface area (Å²) in [6.07, 6.45) is 5.87. The van der Waals surface area contributed by atoms with Gasteiger partial charge < -0.3 is 9.47 Å². The lowest BCUT2D eigenvalue weighted by molar-refractivity contribution is 0.192. The van der Waals surface area contributed by atoms with E-state index in [-0.39, 0.29) is 0 Å². The Morgan fingerprint density at radius 1 is 1.19 bits per heavy atom. The lowest BCUT2D eigenvalue weighted by Crippen LogP contribution is -2.33. The Morgan fingerprint density at radius 3 is 2.86 bits per heavy atom. The van der Waals surface area contributed by atoms with Crippen molar-refractivity contribution in [3.63, 3.8) is 0 Å². The molecule has 0 N–H and O–H groups in total. The molecule has 2 aromatic heterocycles. The highest BCUT2D eigenvalue weighted by Crippen LogP contribution is 2.17. The third kappa shape index (κ3) is 3.68. The van der Waals surface area contributed by atoms with Gasteiger partial charge in [-0.05, 0) is 26.2 Å². The average Bonchev–Trinajstić information content (AvgIpc) is 2.80. The largest absolute Gasteiger partial charge is 0.333 e. The van der Waals surface area contributed by atoms with Gasteiger partial charge in [0.15, 0.2) is 0 Å². The van der Waals surface area contributed by atoms with Crippen LogP contribution in [0.1, 0.15) is 11.5 Å². The van der Waals surface area contributed by atoms with Gasteiger partial charge >= 0.3 is 0 Å². The molecule has 2 aromatic rings. The molecule has 0 saturated heterocycles. The predicted octanol–water partition coefficient (Wildman–Crippen LogP) is 1.47. The second kappa shape index (κ2) is 6.37. The van der Waals surface area contributed by atoms with Crippen molar-refractivity contribution in [3.8, 4) is 0 Å². The summed E-state index contributed by atoms with van der Waals surface area (Å²) < 4.78 is 2.30. The summed E-state index contributed by atoms with van der Waals surface area (Å²) in [4.78, 5) is 13.7. The highest BCUT2D eigenvalue weighted by molar-refractivity contribution is 5.04. The second-order valence-electron chi connectivity index (χ2n) is 6.11. The van der Waals surface area contributed by atoms with E-state index in [1.54, 1.807) is 0 Å². The maximum Gasteiger partial charge on any atom is 0.122 e. The normalized spacial score (nSPS) is 19.5. The number of pyridine rings is 1. The van der Waals surface area contributed by atoms with E-state index >= 15 is 0 Å². The third-order valence-corrected chi connectivity index (χ3v) is 3.87. The molecule has 21 heavy (non-hydrogen) atoms. The Morgan fingerprint density at radius 2 is 2.10 bits per heavy atom. The number of nitrogens with zero attached hydrogens (tertiary/aromatic N) is 5. The summed E-state index contributed by atoms with van der Waals surface area (Å²) in [7, 11) is 4.28. The Balaban J connectivity index is 1.76. The molecular weight excluding hydrogens is 262 g/mol. The third-order valence-electron chi connectivity index (χ3n) is 3.87. The number of rotatable bonds is 4. The van der Waals surface area contributed by atoms with E-state index < -0.39 is 0 Å². The average molecular weight is 285 g/mol. The molecular formula is C16H23N5. The standard InChI is InChI=1S/C16H23N5/c1-19(2)9-14-10-20(12-15-5-3-4-6-17-15)13-16-18-7-8-21(16)11-14/h3-8,14H,9-13H2,1-2H3/t14-/m0/s1. The molecule has 0 unspecified atom stereocenters. The molecule has 3 rings (SSSR count). The van der Waals surface area contributed by atoms with Gasteiger partial charge in [-0.2, -0.15) is 0 Å². The van der Waals surface area contributed by atoms with Crippen LogP contribution >= 0.6 is 0 Å². The van der Waals surface area contributed by atoms with Crippen molar-refractivity contribution < 1.29 is 0 Å². The quantitative estimate of drug-likeness (QED) is 0.852. The van der Waals surface area contributed by atoms with Crippen LogP contribution in [0.5, 0.6) is 0 Å². The molecule has 112 valence electrons. The molecule has 5 nitrogen and oxygen atoms in total. The first-order chi connectivity index (χ1) is 10.2. The van der Waals surface area contributed by atoms with Crippen LogP contribution < -0.4 is 0 Å². The van der Waals surface area contributed by atoms with Crippen LogP contribution in [0.3, 0.4) is 0 Å². The maximum atomic E-state index is 4.51. The van der Waals surface area contributed by atoms with E-state index in [4.69, 9.17) is 0 Å². The lowest BCUT2D eigenvalue weighted by atomic mass is 10.1. The van der Waals surface area contributed by atoms with Crippen LogP contribution in [0.2, 0.25) is 0 Å². The van der Waals surface area contributed by atoms with Gasteiger partial charge in [-0.1, -0.05) is 6.07 Å². The van der Waals surface area contributed by atoms with Crippen molar-refractivity contribution in [1.82, 2.24) is 24.3 Å². The molecule has 0 aromatic carbocycles. The van der Waals surface area contributed by atoms with Crippen molar-refractivity contribution in [1.29, 1.82) is 0 Å². The van der Waals surface area contributed by atoms with Crippen LogP contribution in [0, 0.1) is 5.92 Å². The van der Waals surface area contributed by atoms with Crippen LogP contribution in [-0.4, -0.2) is 51.5 Å². The number of fused-ring (bicyclic) bond motifs is 1. The van der Waals surface area contributed by atoms with E-state index in [9.17, 15) is 0 Å². The van der Waals surface area contributed by atoms with Gasteiger partial charge in [-0.15, -0.1) is 0 Å². The van der Waals surface area contributed by atoms with Gasteiger partial charge in [-0.3, -0.25) is 9.88 Å². The first-order valence-corrected chi connectivity index (χ1v) is 7.47. The fourth-order valence-corrected chi connectivity index (χ4v) is 3.10. The summed E-state index contributed by atoms with van der Waals surface area (Å²) >= 11 is 0. The fraction of sp³-hybridized carbons (Fsp3) is 0.500. The summed E-state index contributed by atoms with van der Waals surface area (Å²) in [6, 6.07) is 6.12. The number of imidazole rings is 1. The first-order valence-electron chi connectivity index (χ1n) is 7.47. The number of aromatic nitrogens is 3. The lowest BCUT2D eigenvalue weighted by Gasteiger charge is -2.25. The van der Waals surface area contributed by atoms with Gasteiger partial charge in [0.2, 0.25) is 0 Å². The number of hydrogen-bond donors (Lipinski definition) is 0. The smallest absolute Gasteiger partial charge is 0.122 e. The van der Waals surface area contributed by atoms with Crippen molar-refractivity contribution in [2.24, 2.45) is 5.92 Å².